The van der Waals surface area contributed by atoms with Gasteiger partial charge in [-0.05, 0) is 24.5 Å². The molecule has 5 nitrogen and oxygen atoms in total. The number of nitrogens with two attached hydrogens (primary N) is 1. The van der Waals surface area contributed by atoms with Gasteiger partial charge >= 0.3 is 0 Å². The Bertz CT molecular complexity index is 467. The number of carbonyl (C=O) groups is 1. The molecule has 1 aliphatic rings. The molecule has 18 heavy (non-hydrogen) atoms. The highest BCUT2D eigenvalue weighted by Gasteiger charge is 2.29. The van der Waals surface area contributed by atoms with E-state index in [1.807, 2.05) is 6.92 Å². The Labute approximate surface area is 111 Å². The predicted molar refractivity (Wildman–Crippen MR) is 69.4 cm³/mol. The van der Waals surface area contributed by atoms with Gasteiger partial charge in [0.05, 0.1) is 11.1 Å². The van der Waals surface area contributed by atoms with Crippen molar-refractivity contribution in [1.82, 2.24) is 9.88 Å². The Morgan fingerprint density at radius 2 is 2.33 bits per heavy atom. The molecule has 0 bridgehead atoms. The van der Waals surface area contributed by atoms with Crippen molar-refractivity contribution >= 4 is 23.3 Å². The molecule has 0 spiro atoms. The second-order valence-corrected chi connectivity index (χ2v) is 5.06. The molecule has 2 rings (SSSR count). The van der Waals surface area contributed by atoms with Crippen LogP contribution in [0.2, 0.25) is 5.02 Å². The number of aromatic nitrogens is 1. The highest BCUT2D eigenvalue weighted by molar-refractivity contribution is 6.33. The summed E-state index contributed by atoms with van der Waals surface area (Å²) in [6.07, 6.45) is 0.273. The van der Waals surface area contributed by atoms with Crippen molar-refractivity contribution in [2.75, 3.05) is 18.8 Å². The standard InChI is InChI=1S/C12H16ClN3O2/c1-7-4-5-16(6-9(7)17)12(18)11-8(13)2-3-10(14)15-11/h2-3,7,9,17H,4-6H2,1H3,(H2,14,15). The van der Waals surface area contributed by atoms with Crippen LogP contribution >= 0.6 is 11.6 Å². The second kappa shape index (κ2) is 5.12. The van der Waals surface area contributed by atoms with Gasteiger partial charge in [-0.3, -0.25) is 4.79 Å². The zero-order valence-corrected chi connectivity index (χ0v) is 10.9. The molecule has 1 amide bonds. The highest BCUT2D eigenvalue weighted by Crippen LogP contribution is 2.22. The average molecular weight is 270 g/mol. The fraction of sp³-hybridized carbons (Fsp3) is 0.500. The minimum absolute atomic E-state index is 0.151. The topological polar surface area (TPSA) is 79.5 Å². The number of halogens is 1. The molecule has 0 aliphatic carbocycles. The third kappa shape index (κ3) is 2.57. The lowest BCUT2D eigenvalue weighted by Crippen LogP contribution is -2.46. The van der Waals surface area contributed by atoms with E-state index < -0.39 is 6.10 Å². The maximum atomic E-state index is 12.2. The van der Waals surface area contributed by atoms with Gasteiger partial charge in [0, 0.05) is 13.1 Å². The van der Waals surface area contributed by atoms with Gasteiger partial charge in [0.25, 0.3) is 5.91 Å². The largest absolute Gasteiger partial charge is 0.391 e. The van der Waals surface area contributed by atoms with Crippen molar-refractivity contribution < 1.29 is 9.90 Å². The monoisotopic (exact) mass is 269 g/mol. The number of aliphatic hydroxyl groups excluding tert-OH is 1. The molecule has 0 saturated carbocycles. The highest BCUT2D eigenvalue weighted by atomic mass is 35.5. The van der Waals surface area contributed by atoms with Crippen LogP contribution in [0.1, 0.15) is 23.8 Å². The molecule has 1 fully saturated rings. The Hall–Kier alpha value is -1.33. The van der Waals surface area contributed by atoms with Crippen molar-refractivity contribution in [3.05, 3.63) is 22.8 Å². The quantitative estimate of drug-likeness (QED) is 0.802. The van der Waals surface area contributed by atoms with E-state index in [-0.39, 0.29) is 28.4 Å². The molecule has 0 radical (unpaired) electrons. The maximum Gasteiger partial charge on any atom is 0.274 e. The number of piperidine rings is 1. The smallest absolute Gasteiger partial charge is 0.274 e. The first-order valence-electron chi connectivity index (χ1n) is 5.88. The van der Waals surface area contributed by atoms with Gasteiger partial charge in [-0.1, -0.05) is 18.5 Å². The normalized spacial score (nSPS) is 24.1. The van der Waals surface area contributed by atoms with E-state index in [1.165, 1.54) is 0 Å². The first kappa shape index (κ1) is 13.1. The van der Waals surface area contributed by atoms with Crippen molar-refractivity contribution in [3.8, 4) is 0 Å². The van der Waals surface area contributed by atoms with Crippen LogP contribution in [-0.4, -0.2) is 40.1 Å². The van der Waals surface area contributed by atoms with Crippen LogP contribution in [0.25, 0.3) is 0 Å². The Kier molecular flexibility index (Phi) is 3.73. The van der Waals surface area contributed by atoms with E-state index in [1.54, 1.807) is 17.0 Å². The van der Waals surface area contributed by atoms with E-state index in [4.69, 9.17) is 17.3 Å². The van der Waals surface area contributed by atoms with Crippen molar-refractivity contribution in [2.24, 2.45) is 5.92 Å². The third-order valence-corrected chi connectivity index (χ3v) is 3.58. The summed E-state index contributed by atoms with van der Waals surface area (Å²) in [5, 5.41) is 10.1. The van der Waals surface area contributed by atoms with Crippen LogP contribution < -0.4 is 5.73 Å². The molecule has 98 valence electrons. The molecule has 2 unspecified atom stereocenters. The van der Waals surface area contributed by atoms with E-state index in [0.29, 0.717) is 13.1 Å². The van der Waals surface area contributed by atoms with Crippen LogP contribution in [0.15, 0.2) is 12.1 Å². The number of hydrogen-bond acceptors (Lipinski definition) is 4. The fourth-order valence-electron chi connectivity index (χ4n) is 1.99. The summed E-state index contributed by atoms with van der Waals surface area (Å²) in [7, 11) is 0. The number of amides is 1. The Balaban J connectivity index is 2.19. The molecule has 1 aromatic heterocycles. The zero-order valence-electron chi connectivity index (χ0n) is 10.1. The van der Waals surface area contributed by atoms with Crippen LogP contribution in [0, 0.1) is 5.92 Å². The number of anilines is 1. The van der Waals surface area contributed by atoms with Gasteiger partial charge in [-0.2, -0.15) is 0 Å². The second-order valence-electron chi connectivity index (χ2n) is 4.65. The van der Waals surface area contributed by atoms with E-state index in [2.05, 4.69) is 4.98 Å². The van der Waals surface area contributed by atoms with Crippen molar-refractivity contribution in [3.63, 3.8) is 0 Å². The minimum Gasteiger partial charge on any atom is -0.391 e. The Morgan fingerprint density at radius 1 is 1.61 bits per heavy atom. The lowest BCUT2D eigenvalue weighted by Gasteiger charge is -2.34. The molecule has 3 N–H and O–H groups in total. The van der Waals surface area contributed by atoms with Gasteiger partial charge in [0.2, 0.25) is 0 Å². The van der Waals surface area contributed by atoms with Gasteiger partial charge < -0.3 is 15.7 Å². The summed E-state index contributed by atoms with van der Waals surface area (Å²) in [6, 6.07) is 3.10. The Morgan fingerprint density at radius 3 is 3.00 bits per heavy atom. The van der Waals surface area contributed by atoms with Crippen LogP contribution in [-0.2, 0) is 0 Å². The first-order valence-corrected chi connectivity index (χ1v) is 6.26. The molecule has 1 aliphatic heterocycles. The van der Waals surface area contributed by atoms with Gasteiger partial charge in [-0.25, -0.2) is 4.98 Å². The fourth-order valence-corrected chi connectivity index (χ4v) is 2.18. The summed E-state index contributed by atoms with van der Waals surface area (Å²) in [4.78, 5) is 17.8. The van der Waals surface area contributed by atoms with E-state index in [9.17, 15) is 9.90 Å². The number of carbonyl (C=O) groups excluding carboxylic acids is 1. The lowest BCUT2D eigenvalue weighted by atomic mass is 9.96. The number of hydrogen-bond donors (Lipinski definition) is 2. The van der Waals surface area contributed by atoms with Crippen molar-refractivity contribution in [1.29, 1.82) is 0 Å². The number of nitrogen functional groups attached to an aromatic ring is 1. The molecule has 6 heteroatoms. The molecule has 2 atom stereocenters. The van der Waals surface area contributed by atoms with Crippen LogP contribution in [0.3, 0.4) is 0 Å². The molecule has 1 aromatic rings. The number of aliphatic hydroxyl groups is 1. The zero-order chi connectivity index (χ0) is 13.3. The lowest BCUT2D eigenvalue weighted by molar-refractivity contribution is 0.0245. The molecule has 2 heterocycles. The van der Waals surface area contributed by atoms with Gasteiger partial charge in [0.15, 0.2) is 0 Å². The number of rotatable bonds is 1. The third-order valence-electron chi connectivity index (χ3n) is 3.28. The number of likely N-dealkylation sites (tertiary alicyclic amines) is 1. The molecule has 1 saturated heterocycles. The maximum absolute atomic E-state index is 12.2. The summed E-state index contributed by atoms with van der Waals surface area (Å²) < 4.78 is 0. The predicted octanol–water partition coefficient (Wildman–Crippen LogP) is 1.16. The van der Waals surface area contributed by atoms with Crippen LogP contribution in [0.4, 0.5) is 5.82 Å². The number of pyridine rings is 1. The van der Waals surface area contributed by atoms with Crippen LogP contribution in [0.5, 0.6) is 0 Å². The average Bonchev–Trinajstić information content (AvgIpc) is 2.35. The van der Waals surface area contributed by atoms with Gasteiger partial charge in [-0.15, -0.1) is 0 Å². The van der Waals surface area contributed by atoms with E-state index >= 15 is 0 Å². The van der Waals surface area contributed by atoms with Crippen molar-refractivity contribution in [2.45, 2.75) is 19.4 Å². The summed E-state index contributed by atoms with van der Waals surface area (Å²) in [6.45, 7) is 2.88. The minimum atomic E-state index is -0.498. The van der Waals surface area contributed by atoms with Gasteiger partial charge in [0.1, 0.15) is 11.5 Å². The number of nitrogens with zero attached hydrogens (tertiary/aromatic N) is 2. The number of β-amino-alcohol motifs (C(OH)–C–C–N with tert-alkyl or cyclic N) is 1. The molecular weight excluding hydrogens is 254 g/mol. The first-order chi connectivity index (χ1) is 8.49. The SMILES string of the molecule is CC1CCN(C(=O)c2nc(N)ccc2Cl)CC1O. The molecular formula is C12H16ClN3O2. The summed E-state index contributed by atoms with van der Waals surface area (Å²) in [5.41, 5.74) is 5.71. The summed E-state index contributed by atoms with van der Waals surface area (Å²) >= 11 is 5.95. The molecule has 0 aromatic carbocycles. The summed E-state index contributed by atoms with van der Waals surface area (Å²) in [5.74, 6) is 0.185. The van der Waals surface area contributed by atoms with E-state index in [0.717, 1.165) is 6.42 Å².